The molecule has 0 N–H and O–H groups in total. The summed E-state index contributed by atoms with van der Waals surface area (Å²) in [6.07, 6.45) is -4.56. The van der Waals surface area contributed by atoms with Crippen molar-refractivity contribution in [2.45, 2.75) is 25.9 Å². The third kappa shape index (κ3) is 2.99. The second-order valence-corrected chi connectivity index (χ2v) is 3.95. The zero-order chi connectivity index (χ0) is 13.2. The van der Waals surface area contributed by atoms with E-state index in [-0.39, 0.29) is 5.92 Å². The van der Waals surface area contributed by atoms with E-state index in [1.165, 1.54) is 12.1 Å². The van der Waals surface area contributed by atoms with Crippen molar-refractivity contribution in [1.29, 1.82) is 0 Å². The number of methoxy groups -OCH3 is 1. The minimum Gasteiger partial charge on any atom is -0.465 e. The predicted molar refractivity (Wildman–Crippen MR) is 56.9 cm³/mol. The van der Waals surface area contributed by atoms with Gasteiger partial charge < -0.3 is 4.74 Å². The van der Waals surface area contributed by atoms with Crippen LogP contribution in [0.5, 0.6) is 0 Å². The molecule has 0 saturated carbocycles. The molecule has 0 aromatic heterocycles. The average molecular weight is 246 g/mol. The molecule has 0 fully saturated rings. The van der Waals surface area contributed by atoms with Crippen molar-refractivity contribution < 1.29 is 22.7 Å². The lowest BCUT2D eigenvalue weighted by molar-refractivity contribution is -0.138. The first-order chi connectivity index (χ1) is 7.77. The topological polar surface area (TPSA) is 26.3 Å². The standard InChI is InChI=1S/C12H13F3O2/c1-7(2)8-4-5-10(12(13,14)15)9(6-8)11(16)17-3/h4-7H,1-3H3. The molecule has 0 heterocycles. The van der Waals surface area contributed by atoms with E-state index < -0.39 is 23.3 Å². The molecule has 0 aliphatic heterocycles. The summed E-state index contributed by atoms with van der Waals surface area (Å²) in [4.78, 5) is 11.3. The van der Waals surface area contributed by atoms with Crippen LogP contribution in [0.15, 0.2) is 18.2 Å². The Morgan fingerprint density at radius 2 is 1.88 bits per heavy atom. The minimum absolute atomic E-state index is 0.0423. The van der Waals surface area contributed by atoms with Crippen molar-refractivity contribution in [3.8, 4) is 0 Å². The molecule has 1 aromatic carbocycles. The van der Waals surface area contributed by atoms with Gasteiger partial charge in [0.1, 0.15) is 0 Å². The van der Waals surface area contributed by atoms with Gasteiger partial charge in [0, 0.05) is 0 Å². The third-order valence-corrected chi connectivity index (χ3v) is 2.42. The van der Waals surface area contributed by atoms with Crippen molar-refractivity contribution in [2.24, 2.45) is 0 Å². The van der Waals surface area contributed by atoms with Gasteiger partial charge in [-0.25, -0.2) is 4.79 Å². The Hall–Kier alpha value is -1.52. The number of alkyl halides is 3. The Morgan fingerprint density at radius 3 is 2.29 bits per heavy atom. The first-order valence-electron chi connectivity index (χ1n) is 5.06. The van der Waals surface area contributed by atoms with Gasteiger partial charge in [0.15, 0.2) is 0 Å². The number of ether oxygens (including phenoxy) is 1. The SMILES string of the molecule is COC(=O)c1cc(C(C)C)ccc1C(F)(F)F. The largest absolute Gasteiger partial charge is 0.465 e. The van der Waals surface area contributed by atoms with Crippen LogP contribution in [-0.4, -0.2) is 13.1 Å². The first kappa shape index (κ1) is 13.5. The maximum atomic E-state index is 12.7. The van der Waals surface area contributed by atoms with Crippen LogP contribution < -0.4 is 0 Å². The highest BCUT2D eigenvalue weighted by atomic mass is 19.4. The number of benzene rings is 1. The fourth-order valence-electron chi connectivity index (χ4n) is 1.45. The summed E-state index contributed by atoms with van der Waals surface area (Å²) in [5.41, 5.74) is -0.738. The van der Waals surface area contributed by atoms with Crippen LogP contribution in [0, 0.1) is 0 Å². The number of rotatable bonds is 2. The number of esters is 1. The molecule has 0 aliphatic carbocycles. The highest BCUT2D eigenvalue weighted by Gasteiger charge is 2.35. The van der Waals surface area contributed by atoms with Gasteiger partial charge in [-0.15, -0.1) is 0 Å². The lowest BCUT2D eigenvalue weighted by Gasteiger charge is -2.14. The molecule has 0 radical (unpaired) electrons. The van der Waals surface area contributed by atoms with E-state index in [0.717, 1.165) is 13.2 Å². The maximum Gasteiger partial charge on any atom is 0.417 e. The molecule has 17 heavy (non-hydrogen) atoms. The van der Waals surface area contributed by atoms with Gasteiger partial charge in [-0.2, -0.15) is 13.2 Å². The smallest absolute Gasteiger partial charge is 0.417 e. The number of hydrogen-bond acceptors (Lipinski definition) is 2. The second kappa shape index (κ2) is 4.77. The molecule has 0 saturated heterocycles. The molecule has 0 unspecified atom stereocenters. The van der Waals surface area contributed by atoms with E-state index in [1.807, 2.05) is 13.8 Å². The Kier molecular flexibility index (Phi) is 3.80. The normalized spacial score (nSPS) is 11.7. The summed E-state index contributed by atoms with van der Waals surface area (Å²) >= 11 is 0. The average Bonchev–Trinajstić information content (AvgIpc) is 2.25. The molecule has 2 nitrogen and oxygen atoms in total. The molecule has 0 aliphatic rings. The van der Waals surface area contributed by atoms with Gasteiger partial charge in [0.05, 0.1) is 18.2 Å². The van der Waals surface area contributed by atoms with E-state index in [2.05, 4.69) is 4.74 Å². The number of hydrogen-bond donors (Lipinski definition) is 0. The Morgan fingerprint density at radius 1 is 1.29 bits per heavy atom. The highest BCUT2D eigenvalue weighted by Crippen LogP contribution is 2.33. The van der Waals surface area contributed by atoms with Gasteiger partial charge >= 0.3 is 12.1 Å². The van der Waals surface area contributed by atoms with E-state index in [1.54, 1.807) is 0 Å². The van der Waals surface area contributed by atoms with Crippen molar-refractivity contribution in [1.82, 2.24) is 0 Å². The quantitative estimate of drug-likeness (QED) is 0.745. The molecule has 0 atom stereocenters. The lowest BCUT2D eigenvalue weighted by atomic mass is 9.97. The van der Waals surface area contributed by atoms with Gasteiger partial charge in [0.25, 0.3) is 0 Å². The Balaban J connectivity index is 3.37. The van der Waals surface area contributed by atoms with Gasteiger partial charge in [-0.05, 0) is 23.6 Å². The molecular formula is C12H13F3O2. The van der Waals surface area contributed by atoms with Crippen molar-refractivity contribution in [3.63, 3.8) is 0 Å². The van der Waals surface area contributed by atoms with E-state index in [4.69, 9.17) is 0 Å². The van der Waals surface area contributed by atoms with E-state index in [9.17, 15) is 18.0 Å². The number of halogens is 3. The van der Waals surface area contributed by atoms with Crippen LogP contribution in [0.3, 0.4) is 0 Å². The second-order valence-electron chi connectivity index (χ2n) is 3.95. The van der Waals surface area contributed by atoms with E-state index >= 15 is 0 Å². The minimum atomic E-state index is -4.56. The predicted octanol–water partition coefficient (Wildman–Crippen LogP) is 3.62. The molecule has 5 heteroatoms. The zero-order valence-electron chi connectivity index (χ0n) is 9.76. The Labute approximate surface area is 97.4 Å². The number of carbonyl (C=O) groups is 1. The molecule has 1 rings (SSSR count). The van der Waals surface area contributed by atoms with Crippen molar-refractivity contribution in [3.05, 3.63) is 34.9 Å². The van der Waals surface area contributed by atoms with Crippen LogP contribution in [-0.2, 0) is 10.9 Å². The summed E-state index contributed by atoms with van der Waals surface area (Å²) in [6, 6.07) is 3.53. The summed E-state index contributed by atoms with van der Waals surface area (Å²) in [6.45, 7) is 3.67. The maximum absolute atomic E-state index is 12.7. The van der Waals surface area contributed by atoms with Crippen LogP contribution >= 0.6 is 0 Å². The molecule has 0 spiro atoms. The van der Waals surface area contributed by atoms with Gasteiger partial charge in [-0.3, -0.25) is 0 Å². The van der Waals surface area contributed by atoms with Crippen molar-refractivity contribution in [2.75, 3.05) is 7.11 Å². The fraction of sp³-hybridized carbons (Fsp3) is 0.417. The first-order valence-corrected chi connectivity index (χ1v) is 5.06. The van der Waals surface area contributed by atoms with Crippen LogP contribution in [0.25, 0.3) is 0 Å². The van der Waals surface area contributed by atoms with Gasteiger partial charge in [0.2, 0.25) is 0 Å². The van der Waals surface area contributed by atoms with Crippen LogP contribution in [0.1, 0.15) is 41.3 Å². The fourth-order valence-corrected chi connectivity index (χ4v) is 1.45. The lowest BCUT2D eigenvalue weighted by Crippen LogP contribution is -2.14. The monoisotopic (exact) mass is 246 g/mol. The molecule has 1 aromatic rings. The molecular weight excluding hydrogens is 233 g/mol. The molecule has 0 amide bonds. The van der Waals surface area contributed by atoms with E-state index in [0.29, 0.717) is 5.56 Å². The molecule has 0 bridgehead atoms. The summed E-state index contributed by atoms with van der Waals surface area (Å²) in [5, 5.41) is 0. The Bertz CT molecular complexity index is 422. The summed E-state index contributed by atoms with van der Waals surface area (Å²) in [5.74, 6) is -0.930. The van der Waals surface area contributed by atoms with Crippen LogP contribution in [0.4, 0.5) is 13.2 Å². The summed E-state index contributed by atoms with van der Waals surface area (Å²) in [7, 11) is 1.06. The zero-order valence-corrected chi connectivity index (χ0v) is 9.76. The number of carbonyl (C=O) groups excluding carboxylic acids is 1. The third-order valence-electron chi connectivity index (χ3n) is 2.42. The van der Waals surface area contributed by atoms with Crippen molar-refractivity contribution >= 4 is 5.97 Å². The molecule has 94 valence electrons. The van der Waals surface area contributed by atoms with Gasteiger partial charge in [-0.1, -0.05) is 19.9 Å². The van der Waals surface area contributed by atoms with Crippen LogP contribution in [0.2, 0.25) is 0 Å². The highest BCUT2D eigenvalue weighted by molar-refractivity contribution is 5.91. The summed E-state index contributed by atoms with van der Waals surface area (Å²) < 4.78 is 42.4.